The van der Waals surface area contributed by atoms with E-state index >= 15 is 0 Å². The van der Waals surface area contributed by atoms with Crippen molar-refractivity contribution in [2.75, 3.05) is 5.75 Å². The maximum absolute atomic E-state index is 11.1. The van der Waals surface area contributed by atoms with Crippen LogP contribution in [0.2, 0.25) is 0 Å². The highest BCUT2D eigenvalue weighted by Gasteiger charge is 2.42. The zero-order valence-corrected chi connectivity index (χ0v) is 10.3. The number of thioether (sulfide) groups is 1. The molecule has 2 N–H and O–H groups in total. The van der Waals surface area contributed by atoms with Crippen molar-refractivity contribution in [2.45, 2.75) is 49.9 Å². The number of ketones is 1. The summed E-state index contributed by atoms with van der Waals surface area (Å²) in [5.41, 5.74) is 0. The topological polar surface area (TPSA) is 58.2 Å². The third-order valence-electron chi connectivity index (χ3n) is 3.21. The molecule has 3 atom stereocenters. The van der Waals surface area contributed by atoms with E-state index in [1.807, 2.05) is 11.8 Å². The van der Waals surface area contributed by atoms with E-state index in [4.69, 9.17) is 0 Å². The van der Waals surface area contributed by atoms with Gasteiger partial charge >= 0.3 is 6.03 Å². The molecule has 16 heavy (non-hydrogen) atoms. The van der Waals surface area contributed by atoms with E-state index in [1.54, 1.807) is 6.92 Å². The van der Waals surface area contributed by atoms with Crippen molar-refractivity contribution in [2.24, 2.45) is 0 Å². The summed E-state index contributed by atoms with van der Waals surface area (Å²) >= 11 is 1.93. The van der Waals surface area contributed by atoms with Crippen LogP contribution < -0.4 is 10.6 Å². The Labute approximate surface area is 99.9 Å². The minimum Gasteiger partial charge on any atom is -0.332 e. The van der Waals surface area contributed by atoms with Crippen molar-refractivity contribution >= 4 is 23.6 Å². The smallest absolute Gasteiger partial charge is 0.315 e. The second kappa shape index (κ2) is 5.08. The highest BCUT2D eigenvalue weighted by Crippen LogP contribution is 2.33. The number of carbonyl (C=O) groups is 2. The average molecular weight is 242 g/mol. The number of unbranched alkanes of at least 4 members (excludes halogenated alkanes) is 1. The van der Waals surface area contributed by atoms with Crippen molar-refractivity contribution in [1.82, 2.24) is 10.6 Å². The molecule has 2 amide bonds. The lowest BCUT2D eigenvalue weighted by Gasteiger charge is -2.16. The van der Waals surface area contributed by atoms with Crippen LogP contribution in [-0.4, -0.2) is 34.9 Å². The Balaban J connectivity index is 1.70. The molecule has 0 aromatic heterocycles. The zero-order chi connectivity index (χ0) is 11.5. The van der Waals surface area contributed by atoms with Crippen LogP contribution in [0.1, 0.15) is 32.6 Å². The number of carbonyl (C=O) groups excluding carboxylic acids is 2. The van der Waals surface area contributed by atoms with Gasteiger partial charge in [0.25, 0.3) is 0 Å². The largest absolute Gasteiger partial charge is 0.332 e. The Morgan fingerprint density at radius 2 is 2.25 bits per heavy atom. The first-order valence-corrected chi connectivity index (χ1v) is 6.90. The van der Waals surface area contributed by atoms with Gasteiger partial charge in [-0.1, -0.05) is 6.42 Å². The highest BCUT2D eigenvalue weighted by atomic mass is 32.2. The van der Waals surface area contributed by atoms with Crippen LogP contribution in [0, 0.1) is 0 Å². The van der Waals surface area contributed by atoms with Gasteiger partial charge in [-0.25, -0.2) is 4.79 Å². The van der Waals surface area contributed by atoms with Crippen LogP contribution in [0.5, 0.6) is 0 Å². The van der Waals surface area contributed by atoms with Gasteiger partial charge in [-0.2, -0.15) is 11.8 Å². The first kappa shape index (κ1) is 11.8. The number of rotatable bonds is 5. The standard InChI is InChI=1S/C11H18N2O2S/c1-7(14)4-2-3-5-9-10-8(6-16-9)12-11(15)13-10/h8-10H,2-6H2,1H3,(H2,12,13,15)/t8-,9+,10-/m0/s1. The molecule has 90 valence electrons. The molecule has 0 spiro atoms. The van der Waals surface area contributed by atoms with Gasteiger partial charge < -0.3 is 15.4 Å². The Morgan fingerprint density at radius 1 is 1.44 bits per heavy atom. The molecule has 2 heterocycles. The average Bonchev–Trinajstić information content (AvgIpc) is 2.72. The molecule has 0 bridgehead atoms. The first-order chi connectivity index (χ1) is 7.66. The molecular weight excluding hydrogens is 224 g/mol. The molecule has 0 unspecified atom stereocenters. The Kier molecular flexibility index (Phi) is 3.74. The van der Waals surface area contributed by atoms with E-state index in [0.29, 0.717) is 23.8 Å². The summed E-state index contributed by atoms with van der Waals surface area (Å²) in [6.07, 6.45) is 3.85. The summed E-state index contributed by atoms with van der Waals surface area (Å²) in [5, 5.41) is 6.43. The highest BCUT2D eigenvalue weighted by molar-refractivity contribution is 8.00. The first-order valence-electron chi connectivity index (χ1n) is 5.85. The van der Waals surface area contributed by atoms with Gasteiger partial charge in [-0.3, -0.25) is 0 Å². The van der Waals surface area contributed by atoms with Crippen LogP contribution in [0.4, 0.5) is 4.79 Å². The molecule has 0 saturated carbocycles. The minimum absolute atomic E-state index is 0.0240. The van der Waals surface area contributed by atoms with Crippen molar-refractivity contribution in [3.8, 4) is 0 Å². The van der Waals surface area contributed by atoms with Gasteiger partial charge in [-0.15, -0.1) is 0 Å². The van der Waals surface area contributed by atoms with Gasteiger partial charge in [0, 0.05) is 17.4 Å². The number of amides is 2. The van der Waals surface area contributed by atoms with Crippen LogP contribution >= 0.6 is 11.8 Å². The van der Waals surface area contributed by atoms with Gasteiger partial charge in [0.1, 0.15) is 5.78 Å². The van der Waals surface area contributed by atoms with Crippen molar-refractivity contribution in [3.05, 3.63) is 0 Å². The normalized spacial score (nSPS) is 32.1. The van der Waals surface area contributed by atoms with Gasteiger partial charge in [0.2, 0.25) is 0 Å². The Morgan fingerprint density at radius 3 is 3.00 bits per heavy atom. The summed E-state index contributed by atoms with van der Waals surface area (Å²) in [6.45, 7) is 1.64. The van der Waals surface area contributed by atoms with E-state index in [1.165, 1.54) is 0 Å². The number of urea groups is 1. The molecule has 4 nitrogen and oxygen atoms in total. The molecule has 2 fully saturated rings. The second-order valence-electron chi connectivity index (χ2n) is 4.57. The molecule has 2 rings (SSSR count). The molecule has 0 aromatic rings. The van der Waals surface area contributed by atoms with E-state index in [-0.39, 0.29) is 11.8 Å². The molecule has 0 radical (unpaired) electrons. The van der Waals surface area contributed by atoms with E-state index in [0.717, 1.165) is 25.0 Å². The summed E-state index contributed by atoms with van der Waals surface area (Å²) in [5.74, 6) is 1.29. The molecule has 2 aliphatic heterocycles. The lowest BCUT2D eigenvalue weighted by molar-refractivity contribution is -0.117. The van der Waals surface area contributed by atoms with Gasteiger partial charge in [0.05, 0.1) is 12.1 Å². The summed E-state index contributed by atoms with van der Waals surface area (Å²) in [7, 11) is 0. The predicted molar refractivity (Wildman–Crippen MR) is 64.6 cm³/mol. The quantitative estimate of drug-likeness (QED) is 0.564. The third kappa shape index (κ3) is 2.70. The third-order valence-corrected chi connectivity index (χ3v) is 4.71. The summed E-state index contributed by atoms with van der Waals surface area (Å²) in [4.78, 5) is 21.9. The zero-order valence-electron chi connectivity index (χ0n) is 9.49. The van der Waals surface area contributed by atoms with E-state index < -0.39 is 0 Å². The molecule has 2 saturated heterocycles. The predicted octanol–water partition coefficient (Wildman–Crippen LogP) is 1.30. The number of fused-ring (bicyclic) bond motifs is 1. The molecular formula is C11H18N2O2S. The van der Waals surface area contributed by atoms with Crippen molar-refractivity contribution in [1.29, 1.82) is 0 Å². The van der Waals surface area contributed by atoms with Crippen molar-refractivity contribution in [3.63, 3.8) is 0 Å². The molecule has 5 heteroatoms. The van der Waals surface area contributed by atoms with Crippen LogP contribution in [0.15, 0.2) is 0 Å². The maximum Gasteiger partial charge on any atom is 0.315 e. The SMILES string of the molecule is CC(=O)CCCC[C@H]1SC[C@@H]2NC(=O)N[C@@H]21. The fourth-order valence-corrected chi connectivity index (χ4v) is 3.91. The lowest BCUT2D eigenvalue weighted by Crippen LogP contribution is -2.36. The Hall–Kier alpha value is -0.710. The summed E-state index contributed by atoms with van der Waals surface area (Å²) in [6, 6.07) is 0.592. The maximum atomic E-state index is 11.1. The van der Waals surface area contributed by atoms with Crippen LogP contribution in [0.25, 0.3) is 0 Å². The van der Waals surface area contributed by atoms with Crippen molar-refractivity contribution < 1.29 is 9.59 Å². The van der Waals surface area contributed by atoms with Gasteiger partial charge in [0.15, 0.2) is 0 Å². The summed E-state index contributed by atoms with van der Waals surface area (Å²) < 4.78 is 0. The fraction of sp³-hybridized carbons (Fsp3) is 0.818. The second-order valence-corrected chi connectivity index (χ2v) is 5.84. The monoisotopic (exact) mass is 242 g/mol. The Bertz CT molecular complexity index is 296. The van der Waals surface area contributed by atoms with Gasteiger partial charge in [-0.05, 0) is 19.8 Å². The molecule has 2 aliphatic rings. The number of hydrogen-bond donors (Lipinski definition) is 2. The molecule has 0 aromatic carbocycles. The van der Waals surface area contributed by atoms with Crippen LogP contribution in [0.3, 0.4) is 0 Å². The molecule has 0 aliphatic carbocycles. The fourth-order valence-electron chi connectivity index (χ4n) is 2.36. The minimum atomic E-state index is -0.0240. The van der Waals surface area contributed by atoms with E-state index in [9.17, 15) is 9.59 Å². The van der Waals surface area contributed by atoms with E-state index in [2.05, 4.69) is 10.6 Å². The lowest BCUT2D eigenvalue weighted by atomic mass is 10.0. The number of nitrogens with one attached hydrogen (secondary N) is 2. The number of hydrogen-bond acceptors (Lipinski definition) is 3. The van der Waals surface area contributed by atoms with Crippen LogP contribution in [-0.2, 0) is 4.79 Å². The number of Topliss-reactive ketones (excluding diaryl/α,β-unsaturated/α-hetero) is 1.